The molecule has 1 aromatic heterocycles. The van der Waals surface area contributed by atoms with Crippen molar-refractivity contribution in [2.75, 3.05) is 32.7 Å². The first-order valence-electron chi connectivity index (χ1n) is 10.8. The molecule has 4 rings (SSSR count). The minimum absolute atomic E-state index is 0.0607. The highest BCUT2D eigenvalue weighted by atomic mass is 19.4. The molecule has 0 saturated carbocycles. The summed E-state index contributed by atoms with van der Waals surface area (Å²) < 4.78 is 80.7. The normalized spacial score (nSPS) is 22.2. The summed E-state index contributed by atoms with van der Waals surface area (Å²) in [5.74, 6) is 0. The summed E-state index contributed by atoms with van der Waals surface area (Å²) in [7, 11) is 0. The number of pyridine rings is 1. The molecule has 4 nitrogen and oxygen atoms in total. The van der Waals surface area contributed by atoms with Gasteiger partial charge in [-0.25, -0.2) is 4.98 Å². The zero-order chi connectivity index (χ0) is 23.1. The van der Waals surface area contributed by atoms with Crippen LogP contribution in [0.5, 0.6) is 0 Å². The number of alkyl halides is 6. The van der Waals surface area contributed by atoms with Gasteiger partial charge < -0.3 is 10.0 Å². The molecular formula is C22H25F6N3O. The summed E-state index contributed by atoms with van der Waals surface area (Å²) in [6.07, 6.45) is -7.06. The summed E-state index contributed by atoms with van der Waals surface area (Å²) in [6.45, 7) is 3.60. The van der Waals surface area contributed by atoms with Crippen LogP contribution in [0.1, 0.15) is 48.6 Å². The third-order valence-corrected chi connectivity index (χ3v) is 6.40. The molecule has 0 bridgehead atoms. The zero-order valence-corrected chi connectivity index (χ0v) is 17.4. The van der Waals surface area contributed by atoms with Crippen LogP contribution in [0.3, 0.4) is 0 Å². The maximum Gasteiger partial charge on any atom is 0.433 e. The van der Waals surface area contributed by atoms with E-state index in [1.54, 1.807) is 0 Å². The number of hydrogen-bond acceptors (Lipinski definition) is 4. The largest absolute Gasteiger partial charge is 0.433 e. The Kier molecular flexibility index (Phi) is 6.39. The Labute approximate surface area is 181 Å². The van der Waals surface area contributed by atoms with E-state index in [-0.39, 0.29) is 23.5 Å². The molecule has 0 radical (unpaired) electrons. The van der Waals surface area contributed by atoms with Crippen molar-refractivity contribution in [3.63, 3.8) is 0 Å². The van der Waals surface area contributed by atoms with E-state index < -0.39 is 35.2 Å². The van der Waals surface area contributed by atoms with Crippen LogP contribution >= 0.6 is 0 Å². The van der Waals surface area contributed by atoms with Gasteiger partial charge in [-0.05, 0) is 63.0 Å². The molecule has 0 amide bonds. The third kappa shape index (κ3) is 4.87. The van der Waals surface area contributed by atoms with Crippen LogP contribution in [-0.2, 0) is 12.4 Å². The third-order valence-electron chi connectivity index (χ3n) is 6.40. The van der Waals surface area contributed by atoms with Gasteiger partial charge in [0.25, 0.3) is 0 Å². The number of β-amino-alcohol motifs (C(OH)–C–C–N with tert-alkyl or cyclic N) is 1. The molecule has 2 unspecified atom stereocenters. The summed E-state index contributed by atoms with van der Waals surface area (Å²) in [6, 6.07) is 3.96. The second-order valence-electron chi connectivity index (χ2n) is 8.61. The molecule has 32 heavy (non-hydrogen) atoms. The van der Waals surface area contributed by atoms with Crippen LogP contribution in [0.4, 0.5) is 26.3 Å². The minimum Gasteiger partial charge on any atom is -0.387 e. The number of halogens is 6. The molecule has 10 heteroatoms. The van der Waals surface area contributed by atoms with Gasteiger partial charge in [-0.15, -0.1) is 0 Å². The number of hydrogen-bond donors (Lipinski definition) is 1. The van der Waals surface area contributed by atoms with Crippen molar-refractivity contribution < 1.29 is 31.4 Å². The van der Waals surface area contributed by atoms with Crippen molar-refractivity contribution in [2.24, 2.45) is 0 Å². The SMILES string of the molecule is OC(CN1CCCC1CN1CCCC1)c1cc(C(F)(F)F)nc2c(C(F)(F)F)cccc12. The van der Waals surface area contributed by atoms with E-state index in [0.29, 0.717) is 18.7 Å². The van der Waals surface area contributed by atoms with Crippen molar-refractivity contribution in [1.82, 2.24) is 14.8 Å². The van der Waals surface area contributed by atoms with Crippen LogP contribution in [0.15, 0.2) is 24.3 Å². The Bertz CT molecular complexity index is 955. The molecule has 2 aliphatic rings. The van der Waals surface area contributed by atoms with Gasteiger partial charge in [0, 0.05) is 24.5 Å². The summed E-state index contributed by atoms with van der Waals surface area (Å²) >= 11 is 0. The fourth-order valence-corrected chi connectivity index (χ4v) is 4.85. The number of para-hydroxylation sites is 1. The Balaban J connectivity index is 1.67. The van der Waals surface area contributed by atoms with Crippen LogP contribution in [0.2, 0.25) is 0 Å². The van der Waals surface area contributed by atoms with Crippen LogP contribution in [0, 0.1) is 0 Å². The van der Waals surface area contributed by atoms with E-state index in [1.807, 2.05) is 4.90 Å². The number of aliphatic hydroxyl groups is 1. The Morgan fingerprint density at radius 3 is 2.38 bits per heavy atom. The standard InChI is InChI=1S/C22H25F6N3O/c23-21(24,25)17-7-3-6-15-16(11-19(22(26,27)28)29-20(15)17)18(32)13-31-10-4-5-14(31)12-30-8-1-2-9-30/h3,6-7,11,14,18,32H,1-2,4-5,8-10,12-13H2. The van der Waals surface area contributed by atoms with E-state index in [2.05, 4.69) is 9.88 Å². The van der Waals surface area contributed by atoms with Crippen molar-refractivity contribution >= 4 is 10.9 Å². The Morgan fingerprint density at radius 2 is 1.72 bits per heavy atom. The molecule has 3 heterocycles. The lowest BCUT2D eigenvalue weighted by Crippen LogP contribution is -2.41. The fraction of sp³-hybridized carbons (Fsp3) is 0.591. The molecule has 2 aliphatic heterocycles. The molecule has 1 aromatic carbocycles. The van der Waals surface area contributed by atoms with Gasteiger partial charge in [0.2, 0.25) is 0 Å². The fourth-order valence-electron chi connectivity index (χ4n) is 4.85. The second kappa shape index (κ2) is 8.79. The van der Waals surface area contributed by atoms with Gasteiger partial charge in [-0.3, -0.25) is 4.90 Å². The monoisotopic (exact) mass is 461 g/mol. The highest BCUT2D eigenvalue weighted by Gasteiger charge is 2.38. The number of fused-ring (bicyclic) bond motifs is 1. The summed E-state index contributed by atoms with van der Waals surface area (Å²) in [4.78, 5) is 7.67. The highest BCUT2D eigenvalue weighted by molar-refractivity contribution is 5.86. The highest BCUT2D eigenvalue weighted by Crippen LogP contribution is 2.39. The van der Waals surface area contributed by atoms with Gasteiger partial charge in [0.15, 0.2) is 0 Å². The summed E-state index contributed by atoms with van der Waals surface area (Å²) in [5.41, 5.74) is -3.66. The molecule has 1 N–H and O–H groups in total. The van der Waals surface area contributed by atoms with E-state index in [1.165, 1.54) is 6.07 Å². The van der Waals surface area contributed by atoms with E-state index in [9.17, 15) is 31.4 Å². The topological polar surface area (TPSA) is 39.6 Å². The molecule has 2 aromatic rings. The van der Waals surface area contributed by atoms with Gasteiger partial charge in [0.1, 0.15) is 5.69 Å². The van der Waals surface area contributed by atoms with E-state index in [0.717, 1.165) is 51.4 Å². The van der Waals surface area contributed by atoms with Crippen molar-refractivity contribution in [3.05, 3.63) is 41.1 Å². The number of benzene rings is 1. The number of likely N-dealkylation sites (tertiary alicyclic amines) is 2. The Hall–Kier alpha value is -1.91. The van der Waals surface area contributed by atoms with Crippen LogP contribution in [-0.4, -0.2) is 58.7 Å². The minimum atomic E-state index is -4.94. The summed E-state index contributed by atoms with van der Waals surface area (Å²) in [5, 5.41) is 10.8. The molecule has 2 atom stereocenters. The van der Waals surface area contributed by atoms with Crippen LogP contribution < -0.4 is 0 Å². The van der Waals surface area contributed by atoms with Gasteiger partial charge >= 0.3 is 12.4 Å². The van der Waals surface area contributed by atoms with Crippen molar-refractivity contribution in [3.8, 4) is 0 Å². The number of aliphatic hydroxyl groups excluding tert-OH is 1. The molecule has 2 saturated heterocycles. The van der Waals surface area contributed by atoms with Crippen LogP contribution in [0.25, 0.3) is 10.9 Å². The van der Waals surface area contributed by atoms with Crippen molar-refractivity contribution in [1.29, 1.82) is 0 Å². The molecule has 0 aliphatic carbocycles. The molecule has 2 fully saturated rings. The van der Waals surface area contributed by atoms with E-state index >= 15 is 0 Å². The lowest BCUT2D eigenvalue weighted by Gasteiger charge is -2.30. The molecule has 0 spiro atoms. The Morgan fingerprint density at radius 1 is 1.00 bits per heavy atom. The second-order valence-corrected chi connectivity index (χ2v) is 8.61. The van der Waals surface area contributed by atoms with Gasteiger partial charge in [-0.1, -0.05) is 12.1 Å². The lowest BCUT2D eigenvalue weighted by atomic mass is 9.99. The zero-order valence-electron chi connectivity index (χ0n) is 17.4. The maximum atomic E-state index is 13.5. The number of aromatic nitrogens is 1. The predicted molar refractivity (Wildman–Crippen MR) is 107 cm³/mol. The van der Waals surface area contributed by atoms with Crippen molar-refractivity contribution in [2.45, 2.75) is 50.2 Å². The van der Waals surface area contributed by atoms with E-state index in [4.69, 9.17) is 0 Å². The first-order chi connectivity index (χ1) is 15.0. The average molecular weight is 461 g/mol. The molecule has 176 valence electrons. The average Bonchev–Trinajstić information content (AvgIpc) is 3.38. The first-order valence-corrected chi connectivity index (χ1v) is 10.8. The quantitative estimate of drug-likeness (QED) is 0.646. The lowest BCUT2D eigenvalue weighted by molar-refractivity contribution is -0.142. The van der Waals surface area contributed by atoms with Gasteiger partial charge in [-0.2, -0.15) is 26.3 Å². The smallest absolute Gasteiger partial charge is 0.387 e. The predicted octanol–water partition coefficient (Wildman–Crippen LogP) is 4.87. The number of nitrogens with zero attached hydrogens (tertiary/aromatic N) is 3. The molecular weight excluding hydrogens is 436 g/mol. The van der Waals surface area contributed by atoms with Gasteiger partial charge in [0.05, 0.1) is 17.2 Å². The number of rotatable bonds is 5. The first kappa shape index (κ1) is 23.3. The maximum absolute atomic E-state index is 13.5.